The summed E-state index contributed by atoms with van der Waals surface area (Å²) < 4.78 is 1.79. The van der Waals surface area contributed by atoms with E-state index in [1.807, 2.05) is 19.2 Å². The molecule has 0 unspecified atom stereocenters. The minimum Gasteiger partial charge on any atom is -0.396 e. The Labute approximate surface area is 144 Å². The molecule has 3 aromatic heterocycles. The molecule has 25 heavy (non-hydrogen) atoms. The number of aryl methyl sites for hydroxylation is 1. The van der Waals surface area contributed by atoms with Crippen molar-refractivity contribution in [3.63, 3.8) is 0 Å². The van der Waals surface area contributed by atoms with Gasteiger partial charge in [0, 0.05) is 30.6 Å². The summed E-state index contributed by atoms with van der Waals surface area (Å²) in [4.78, 5) is 22.8. The molecule has 126 valence electrons. The Balaban J connectivity index is 1.54. The number of nitrogens with zero attached hydrogens (tertiary/aromatic N) is 5. The number of hydrogen-bond donors (Lipinski definition) is 2. The zero-order valence-electron chi connectivity index (χ0n) is 13.7. The first-order chi connectivity index (χ1) is 12.1. The van der Waals surface area contributed by atoms with Gasteiger partial charge in [-0.3, -0.25) is 15.0 Å². The number of nitrogens with one attached hydrogen (secondary N) is 1. The van der Waals surface area contributed by atoms with Gasteiger partial charge in [-0.2, -0.15) is 5.10 Å². The van der Waals surface area contributed by atoms with E-state index in [2.05, 4.69) is 20.4 Å². The third-order valence-electron chi connectivity index (χ3n) is 4.25. The third kappa shape index (κ3) is 2.78. The van der Waals surface area contributed by atoms with E-state index in [0.717, 1.165) is 16.8 Å². The molecule has 4 heterocycles. The molecule has 1 aliphatic heterocycles. The molecule has 0 bridgehead atoms. The molecule has 4 rings (SSSR count). The number of carbonyl (C=O) groups excluding carboxylic acids is 1. The number of hydrogen-bond acceptors (Lipinski definition) is 5. The number of pyridine rings is 2. The zero-order valence-corrected chi connectivity index (χ0v) is 13.7. The zero-order chi connectivity index (χ0) is 17.4. The number of amides is 2. The van der Waals surface area contributed by atoms with Crippen LogP contribution in [0.2, 0.25) is 0 Å². The molecule has 8 nitrogen and oxygen atoms in total. The van der Waals surface area contributed by atoms with E-state index in [1.54, 1.807) is 40.3 Å². The predicted molar refractivity (Wildman–Crippen MR) is 93.4 cm³/mol. The molecule has 2 amide bonds. The van der Waals surface area contributed by atoms with E-state index in [0.29, 0.717) is 30.3 Å². The average Bonchev–Trinajstić information content (AvgIpc) is 3.20. The fraction of sp³-hybridized carbons (Fsp3) is 0.176. The van der Waals surface area contributed by atoms with Gasteiger partial charge in [-0.25, -0.2) is 9.78 Å². The quantitative estimate of drug-likeness (QED) is 0.746. The van der Waals surface area contributed by atoms with E-state index in [4.69, 9.17) is 5.73 Å². The van der Waals surface area contributed by atoms with Crippen molar-refractivity contribution in [2.24, 2.45) is 7.05 Å². The third-order valence-corrected chi connectivity index (χ3v) is 4.25. The minimum absolute atomic E-state index is 0.237. The number of urea groups is 1. The number of nitrogen functional groups attached to an aromatic ring is 1. The van der Waals surface area contributed by atoms with Crippen LogP contribution in [0.3, 0.4) is 0 Å². The van der Waals surface area contributed by atoms with Crippen molar-refractivity contribution >= 4 is 17.5 Å². The predicted octanol–water partition coefficient (Wildman–Crippen LogP) is 2.01. The van der Waals surface area contributed by atoms with Crippen molar-refractivity contribution in [2.45, 2.75) is 13.1 Å². The van der Waals surface area contributed by atoms with Crippen LogP contribution in [0.1, 0.15) is 11.3 Å². The molecule has 0 aliphatic carbocycles. The lowest BCUT2D eigenvalue weighted by Gasteiger charge is -2.17. The fourth-order valence-electron chi connectivity index (χ4n) is 2.86. The van der Waals surface area contributed by atoms with E-state index >= 15 is 0 Å². The average molecular weight is 335 g/mol. The molecule has 0 radical (unpaired) electrons. The number of rotatable bonds is 2. The lowest BCUT2D eigenvalue weighted by molar-refractivity contribution is 0.211. The molecule has 0 saturated heterocycles. The monoisotopic (exact) mass is 335 g/mol. The van der Waals surface area contributed by atoms with Crippen LogP contribution in [0.15, 0.2) is 42.9 Å². The number of aromatic nitrogens is 4. The summed E-state index contributed by atoms with van der Waals surface area (Å²) in [6, 6.07) is 7.04. The first kappa shape index (κ1) is 15.1. The molecular weight excluding hydrogens is 318 g/mol. The maximum Gasteiger partial charge on any atom is 0.323 e. The summed E-state index contributed by atoms with van der Waals surface area (Å²) in [5, 5.41) is 7.00. The maximum atomic E-state index is 12.6. The second-order valence-electron chi connectivity index (χ2n) is 5.90. The summed E-state index contributed by atoms with van der Waals surface area (Å²) in [6.07, 6.45) is 5.20. The number of fused-ring (bicyclic) bond motifs is 1. The molecule has 0 aromatic carbocycles. The lowest BCUT2D eigenvalue weighted by atomic mass is 10.2. The molecule has 1 aliphatic rings. The van der Waals surface area contributed by atoms with Crippen LogP contribution >= 0.6 is 0 Å². The van der Waals surface area contributed by atoms with Crippen LogP contribution in [0.4, 0.5) is 16.3 Å². The van der Waals surface area contributed by atoms with E-state index in [1.165, 1.54) is 0 Å². The van der Waals surface area contributed by atoms with Gasteiger partial charge < -0.3 is 10.6 Å². The summed E-state index contributed by atoms with van der Waals surface area (Å²) in [5.74, 6) is 0.348. The summed E-state index contributed by atoms with van der Waals surface area (Å²) in [6.45, 7) is 1.04. The summed E-state index contributed by atoms with van der Waals surface area (Å²) in [5.41, 5.74) is 10.1. The molecule has 0 fully saturated rings. The molecule has 3 N–H and O–H groups in total. The summed E-state index contributed by atoms with van der Waals surface area (Å²) in [7, 11) is 1.87. The largest absolute Gasteiger partial charge is 0.396 e. The van der Waals surface area contributed by atoms with Crippen LogP contribution in [0.25, 0.3) is 11.3 Å². The fourth-order valence-corrected chi connectivity index (χ4v) is 2.86. The first-order valence-corrected chi connectivity index (χ1v) is 7.84. The molecule has 0 saturated carbocycles. The van der Waals surface area contributed by atoms with Crippen LogP contribution in [0.5, 0.6) is 0 Å². The van der Waals surface area contributed by atoms with Crippen LogP contribution in [0, 0.1) is 0 Å². The lowest BCUT2D eigenvalue weighted by Crippen LogP contribution is -2.31. The van der Waals surface area contributed by atoms with Crippen molar-refractivity contribution in [2.75, 3.05) is 11.1 Å². The number of anilines is 2. The molecule has 3 aromatic rings. The second-order valence-corrected chi connectivity index (χ2v) is 5.90. The van der Waals surface area contributed by atoms with Crippen molar-refractivity contribution in [3.8, 4) is 11.3 Å². The highest BCUT2D eigenvalue weighted by molar-refractivity contribution is 5.92. The van der Waals surface area contributed by atoms with Gasteiger partial charge in [0.2, 0.25) is 0 Å². The molecule has 8 heteroatoms. The Hall–Kier alpha value is -3.42. The van der Waals surface area contributed by atoms with E-state index in [9.17, 15) is 4.79 Å². The smallest absolute Gasteiger partial charge is 0.323 e. The van der Waals surface area contributed by atoms with Crippen LogP contribution in [-0.2, 0) is 20.1 Å². The van der Waals surface area contributed by atoms with Crippen molar-refractivity contribution in [1.29, 1.82) is 0 Å². The van der Waals surface area contributed by atoms with Gasteiger partial charge in [0.15, 0.2) is 5.82 Å². The topological polar surface area (TPSA) is 102 Å². The molecular formula is C17H17N7O. The van der Waals surface area contributed by atoms with Crippen molar-refractivity contribution in [1.82, 2.24) is 24.6 Å². The summed E-state index contributed by atoms with van der Waals surface area (Å²) >= 11 is 0. The second kappa shape index (κ2) is 5.90. The van der Waals surface area contributed by atoms with Crippen LogP contribution < -0.4 is 11.1 Å². The van der Waals surface area contributed by atoms with E-state index < -0.39 is 0 Å². The maximum absolute atomic E-state index is 12.6. The Morgan fingerprint density at radius 3 is 2.88 bits per heavy atom. The Morgan fingerprint density at radius 1 is 1.24 bits per heavy atom. The van der Waals surface area contributed by atoms with Gasteiger partial charge in [-0.05, 0) is 24.3 Å². The molecule has 0 spiro atoms. The van der Waals surface area contributed by atoms with Gasteiger partial charge in [0.1, 0.15) is 0 Å². The highest BCUT2D eigenvalue weighted by Gasteiger charge is 2.26. The Morgan fingerprint density at radius 2 is 2.12 bits per heavy atom. The van der Waals surface area contributed by atoms with Gasteiger partial charge in [0.25, 0.3) is 0 Å². The van der Waals surface area contributed by atoms with Crippen LogP contribution in [-0.4, -0.2) is 30.7 Å². The van der Waals surface area contributed by atoms with E-state index in [-0.39, 0.29) is 6.03 Å². The number of nitrogens with two attached hydrogens (primary N) is 1. The Bertz CT molecular complexity index is 935. The Kier molecular flexibility index (Phi) is 3.57. The van der Waals surface area contributed by atoms with Gasteiger partial charge >= 0.3 is 6.03 Å². The SMILES string of the molecule is Cn1ncc2c1CN(C(=O)Nc1nc(-c3cccnc3)ccc1N)C2. The highest BCUT2D eigenvalue weighted by atomic mass is 16.2. The normalized spacial score (nSPS) is 12.9. The van der Waals surface area contributed by atoms with Gasteiger partial charge in [0.05, 0.1) is 36.4 Å². The minimum atomic E-state index is -0.237. The van der Waals surface area contributed by atoms with Gasteiger partial charge in [-0.15, -0.1) is 0 Å². The standard InChI is InChI=1S/C17H17N7O/c1-23-15-10-24(9-12(15)8-20-23)17(25)22-16-13(18)4-5-14(21-16)11-3-2-6-19-7-11/h2-8H,9-10,18H2,1H3,(H,21,22,25). The van der Waals surface area contributed by atoms with Crippen molar-refractivity contribution in [3.05, 3.63) is 54.1 Å². The first-order valence-electron chi connectivity index (χ1n) is 7.84. The highest BCUT2D eigenvalue weighted by Crippen LogP contribution is 2.25. The number of carbonyl (C=O) groups is 1. The molecule has 0 atom stereocenters. The van der Waals surface area contributed by atoms with Crippen molar-refractivity contribution < 1.29 is 4.79 Å². The van der Waals surface area contributed by atoms with Gasteiger partial charge in [-0.1, -0.05) is 0 Å².